The molecule has 68 valence electrons. The largest absolute Gasteiger partial charge is 0.475 e. The van der Waals surface area contributed by atoms with Crippen molar-refractivity contribution < 1.29 is 14.7 Å². The lowest BCUT2D eigenvalue weighted by atomic mass is 10.2. The van der Waals surface area contributed by atoms with Gasteiger partial charge in [0, 0.05) is 5.70 Å². The molecule has 0 atom stereocenters. The molecule has 0 spiro atoms. The summed E-state index contributed by atoms with van der Waals surface area (Å²) in [4.78, 5) is 20.6. The van der Waals surface area contributed by atoms with Gasteiger partial charge >= 0.3 is 5.97 Å². The van der Waals surface area contributed by atoms with Gasteiger partial charge in [0.25, 0.3) is 5.78 Å². The highest BCUT2D eigenvalue weighted by Gasteiger charge is 2.09. The topological polar surface area (TPSA) is 66.4 Å². The average molecular weight is 171 g/mol. The molecular formula is C8H13NO3. The van der Waals surface area contributed by atoms with Gasteiger partial charge in [-0.1, -0.05) is 19.9 Å². The first-order chi connectivity index (χ1) is 5.57. The van der Waals surface area contributed by atoms with Gasteiger partial charge in [-0.05, 0) is 6.42 Å². The molecule has 0 aliphatic rings. The molecule has 0 radical (unpaired) electrons. The molecule has 12 heavy (non-hydrogen) atoms. The highest BCUT2D eigenvalue weighted by atomic mass is 16.4. The third-order valence-electron chi connectivity index (χ3n) is 1.29. The minimum absolute atomic E-state index is 0.172. The number of carbonyl (C=O) groups is 2. The molecule has 0 rings (SSSR count). The summed E-state index contributed by atoms with van der Waals surface area (Å²) in [5.41, 5.74) is 0.701. The van der Waals surface area contributed by atoms with Crippen LogP contribution in [0.1, 0.15) is 19.8 Å². The van der Waals surface area contributed by atoms with Crippen molar-refractivity contribution in [3.8, 4) is 0 Å². The van der Waals surface area contributed by atoms with E-state index in [1.54, 1.807) is 0 Å². The van der Waals surface area contributed by atoms with Crippen molar-refractivity contribution in [1.82, 2.24) is 5.32 Å². The molecule has 0 saturated carbocycles. The SMILES string of the molecule is C=C(CCC)NCC(=O)C(=O)O. The van der Waals surface area contributed by atoms with Crippen LogP contribution in [-0.2, 0) is 9.59 Å². The van der Waals surface area contributed by atoms with Crippen LogP contribution in [0.25, 0.3) is 0 Å². The number of rotatable bonds is 6. The van der Waals surface area contributed by atoms with E-state index in [1.807, 2.05) is 6.92 Å². The van der Waals surface area contributed by atoms with E-state index in [2.05, 4.69) is 11.9 Å². The van der Waals surface area contributed by atoms with Crippen molar-refractivity contribution in [2.24, 2.45) is 0 Å². The maximum Gasteiger partial charge on any atom is 0.374 e. The number of ketones is 1. The Bertz CT molecular complexity index is 198. The Morgan fingerprint density at radius 1 is 1.50 bits per heavy atom. The van der Waals surface area contributed by atoms with Crippen LogP contribution < -0.4 is 5.32 Å². The van der Waals surface area contributed by atoms with Gasteiger partial charge in [0.2, 0.25) is 0 Å². The molecule has 0 heterocycles. The van der Waals surface area contributed by atoms with E-state index in [1.165, 1.54) is 0 Å². The van der Waals surface area contributed by atoms with Crippen molar-refractivity contribution in [3.05, 3.63) is 12.3 Å². The highest BCUT2D eigenvalue weighted by molar-refractivity contribution is 6.33. The van der Waals surface area contributed by atoms with Crippen molar-refractivity contribution in [2.75, 3.05) is 6.54 Å². The molecule has 0 bridgehead atoms. The maximum atomic E-state index is 10.5. The van der Waals surface area contributed by atoms with Crippen molar-refractivity contribution in [2.45, 2.75) is 19.8 Å². The molecule has 0 aromatic rings. The van der Waals surface area contributed by atoms with Crippen LogP contribution in [0.15, 0.2) is 12.3 Å². The number of hydrogen-bond acceptors (Lipinski definition) is 3. The van der Waals surface area contributed by atoms with Crippen LogP contribution >= 0.6 is 0 Å². The fourth-order valence-corrected chi connectivity index (χ4v) is 0.671. The number of nitrogens with one attached hydrogen (secondary N) is 1. The minimum Gasteiger partial charge on any atom is -0.475 e. The van der Waals surface area contributed by atoms with Crippen molar-refractivity contribution >= 4 is 11.8 Å². The summed E-state index contributed by atoms with van der Waals surface area (Å²) >= 11 is 0. The normalized spacial score (nSPS) is 9.08. The molecular weight excluding hydrogens is 158 g/mol. The van der Waals surface area contributed by atoms with Crippen molar-refractivity contribution in [3.63, 3.8) is 0 Å². The Hall–Kier alpha value is -1.32. The Labute approximate surface area is 71.3 Å². The molecule has 0 aromatic carbocycles. The zero-order chi connectivity index (χ0) is 9.56. The number of hydrogen-bond donors (Lipinski definition) is 2. The van der Waals surface area contributed by atoms with Gasteiger partial charge < -0.3 is 10.4 Å². The number of carboxylic acids is 1. The van der Waals surface area contributed by atoms with Gasteiger partial charge in [0.1, 0.15) is 0 Å². The third kappa shape index (κ3) is 4.49. The summed E-state index contributed by atoms with van der Waals surface area (Å²) in [5, 5.41) is 10.8. The number of carboxylic acid groups (broad SMARTS) is 1. The van der Waals surface area contributed by atoms with E-state index in [0.717, 1.165) is 12.8 Å². The van der Waals surface area contributed by atoms with Crippen LogP contribution in [0.5, 0.6) is 0 Å². The van der Waals surface area contributed by atoms with E-state index >= 15 is 0 Å². The zero-order valence-electron chi connectivity index (χ0n) is 7.09. The molecule has 0 fully saturated rings. The van der Waals surface area contributed by atoms with E-state index in [4.69, 9.17) is 5.11 Å². The van der Waals surface area contributed by atoms with Gasteiger partial charge in [0.05, 0.1) is 6.54 Å². The first-order valence-corrected chi connectivity index (χ1v) is 3.75. The molecule has 4 heteroatoms. The van der Waals surface area contributed by atoms with Gasteiger partial charge in [0.15, 0.2) is 0 Å². The summed E-state index contributed by atoms with van der Waals surface area (Å²) in [6.07, 6.45) is 1.68. The lowest BCUT2D eigenvalue weighted by Gasteiger charge is -2.04. The third-order valence-corrected chi connectivity index (χ3v) is 1.29. The molecule has 0 unspecified atom stereocenters. The standard InChI is InChI=1S/C8H13NO3/c1-3-4-6(2)9-5-7(10)8(11)12/h9H,2-5H2,1H3,(H,11,12). The quantitative estimate of drug-likeness (QED) is 0.572. The number of carbonyl (C=O) groups excluding carboxylic acids is 1. The van der Waals surface area contributed by atoms with E-state index in [0.29, 0.717) is 5.70 Å². The predicted octanol–water partition coefficient (Wildman–Crippen LogP) is 0.544. The summed E-state index contributed by atoms with van der Waals surface area (Å²) in [5.74, 6) is -2.25. The average Bonchev–Trinajstić information content (AvgIpc) is 2.00. The van der Waals surface area contributed by atoms with Gasteiger partial charge in [-0.15, -0.1) is 0 Å². The summed E-state index contributed by atoms with van der Waals surface area (Å²) in [7, 11) is 0. The second-order valence-corrected chi connectivity index (χ2v) is 2.44. The lowest BCUT2D eigenvalue weighted by Crippen LogP contribution is -2.27. The smallest absolute Gasteiger partial charge is 0.374 e. The fourth-order valence-electron chi connectivity index (χ4n) is 0.671. The number of allylic oxidation sites excluding steroid dienone is 1. The van der Waals surface area contributed by atoms with Crippen LogP contribution in [0.3, 0.4) is 0 Å². The Balaban J connectivity index is 3.61. The van der Waals surface area contributed by atoms with Crippen LogP contribution in [0.4, 0.5) is 0 Å². The molecule has 0 saturated heterocycles. The summed E-state index contributed by atoms with van der Waals surface area (Å²) in [6, 6.07) is 0. The number of Topliss-reactive ketones (excluding diaryl/α,β-unsaturated/α-hetero) is 1. The predicted molar refractivity (Wildman–Crippen MR) is 44.7 cm³/mol. The van der Waals surface area contributed by atoms with E-state index in [9.17, 15) is 9.59 Å². The fraction of sp³-hybridized carbons (Fsp3) is 0.500. The van der Waals surface area contributed by atoms with Gasteiger partial charge in [-0.25, -0.2) is 4.79 Å². The van der Waals surface area contributed by atoms with E-state index < -0.39 is 11.8 Å². The summed E-state index contributed by atoms with van der Waals surface area (Å²) in [6.45, 7) is 5.43. The van der Waals surface area contributed by atoms with Gasteiger partial charge in [-0.3, -0.25) is 4.79 Å². The monoisotopic (exact) mass is 171 g/mol. The van der Waals surface area contributed by atoms with Crippen LogP contribution in [-0.4, -0.2) is 23.4 Å². The first kappa shape index (κ1) is 10.7. The molecule has 0 aliphatic carbocycles. The minimum atomic E-state index is -1.41. The molecule has 0 aliphatic heterocycles. The van der Waals surface area contributed by atoms with Gasteiger partial charge in [-0.2, -0.15) is 0 Å². The van der Waals surface area contributed by atoms with Crippen LogP contribution in [0.2, 0.25) is 0 Å². The second kappa shape index (κ2) is 5.35. The highest BCUT2D eigenvalue weighted by Crippen LogP contribution is 1.95. The zero-order valence-corrected chi connectivity index (χ0v) is 7.09. The van der Waals surface area contributed by atoms with Crippen molar-refractivity contribution in [1.29, 1.82) is 0 Å². The Morgan fingerprint density at radius 2 is 2.08 bits per heavy atom. The molecule has 2 N–H and O–H groups in total. The Morgan fingerprint density at radius 3 is 2.50 bits per heavy atom. The lowest BCUT2D eigenvalue weighted by molar-refractivity contribution is -0.148. The van der Waals surface area contributed by atoms with Crippen LogP contribution in [0, 0.1) is 0 Å². The molecule has 0 amide bonds. The maximum absolute atomic E-state index is 10.5. The van der Waals surface area contributed by atoms with E-state index in [-0.39, 0.29) is 6.54 Å². The first-order valence-electron chi connectivity index (χ1n) is 3.75. The Kier molecular flexibility index (Phi) is 4.76. The molecule has 0 aromatic heterocycles. The molecule has 4 nitrogen and oxygen atoms in total. The summed E-state index contributed by atoms with van der Waals surface area (Å²) < 4.78 is 0. The number of aliphatic carboxylic acids is 1. The second-order valence-electron chi connectivity index (χ2n) is 2.44.